The van der Waals surface area contributed by atoms with Crippen LogP contribution in [0.5, 0.6) is 11.5 Å². The largest absolute Gasteiger partial charge is 0.506 e. The number of halogens is 4. The van der Waals surface area contributed by atoms with Crippen LogP contribution in [0.15, 0.2) is 42.2 Å². The summed E-state index contributed by atoms with van der Waals surface area (Å²) in [7, 11) is 0. The van der Waals surface area contributed by atoms with E-state index in [0.717, 1.165) is 32.3 Å². The van der Waals surface area contributed by atoms with Crippen molar-refractivity contribution >= 4 is 96.0 Å². The van der Waals surface area contributed by atoms with Crippen LogP contribution in [0.2, 0.25) is 0 Å². The Balaban J connectivity index is 2.46. The van der Waals surface area contributed by atoms with Gasteiger partial charge in [-0.15, -0.1) is 0 Å². The Kier molecular flexibility index (Phi) is 3.39. The summed E-state index contributed by atoms with van der Waals surface area (Å²) in [5.41, 5.74) is 0. The van der Waals surface area contributed by atoms with Crippen LogP contribution in [-0.4, -0.2) is 10.2 Å². The standard InChI is InChI=1S/C16H6Br4O2/c17-11-5-1-2-6-10-8(14(20)16(22)12(6)18)4-3-7(9(5)10)13(19)15(11)21/h1-4,21-22H. The number of rotatable bonds is 0. The van der Waals surface area contributed by atoms with Crippen LogP contribution in [0, 0.1) is 0 Å². The number of aromatic hydroxyl groups is 2. The molecule has 2 N–H and O–H groups in total. The highest BCUT2D eigenvalue weighted by Gasteiger charge is 2.21. The molecule has 0 amide bonds. The van der Waals surface area contributed by atoms with Crippen molar-refractivity contribution in [2.24, 2.45) is 0 Å². The zero-order chi connectivity index (χ0) is 15.8. The molecule has 6 heteroatoms. The lowest BCUT2D eigenvalue weighted by Crippen LogP contribution is -1.89. The fraction of sp³-hybridized carbons (Fsp3) is 0. The molecule has 0 aliphatic rings. The molecule has 22 heavy (non-hydrogen) atoms. The van der Waals surface area contributed by atoms with Gasteiger partial charge in [-0.05, 0) is 74.5 Å². The summed E-state index contributed by atoms with van der Waals surface area (Å²) in [5.74, 6) is 0.374. The lowest BCUT2D eigenvalue weighted by Gasteiger charge is -2.17. The van der Waals surface area contributed by atoms with Gasteiger partial charge >= 0.3 is 0 Å². The summed E-state index contributed by atoms with van der Waals surface area (Å²) < 4.78 is 2.62. The second kappa shape index (κ2) is 4.97. The minimum absolute atomic E-state index is 0.187. The van der Waals surface area contributed by atoms with E-state index in [0.29, 0.717) is 17.9 Å². The first-order chi connectivity index (χ1) is 10.4. The lowest BCUT2D eigenvalue weighted by molar-refractivity contribution is 0.469. The molecule has 0 fully saturated rings. The monoisotopic (exact) mass is 546 g/mol. The Morgan fingerprint density at radius 3 is 0.955 bits per heavy atom. The average Bonchev–Trinajstić information content (AvgIpc) is 2.53. The molecular weight excluding hydrogens is 544 g/mol. The summed E-state index contributed by atoms with van der Waals surface area (Å²) in [5, 5.41) is 26.3. The summed E-state index contributed by atoms with van der Waals surface area (Å²) in [6.45, 7) is 0. The second-order valence-corrected chi connectivity index (χ2v) is 8.20. The van der Waals surface area contributed by atoms with E-state index in [-0.39, 0.29) is 11.5 Å². The van der Waals surface area contributed by atoms with E-state index in [4.69, 9.17) is 0 Å². The van der Waals surface area contributed by atoms with Gasteiger partial charge in [0.25, 0.3) is 0 Å². The van der Waals surface area contributed by atoms with Gasteiger partial charge in [0.15, 0.2) is 0 Å². The van der Waals surface area contributed by atoms with Crippen molar-refractivity contribution in [2.45, 2.75) is 0 Å². The molecule has 0 saturated heterocycles. The van der Waals surface area contributed by atoms with E-state index in [1.165, 1.54) is 0 Å². The molecule has 0 aliphatic heterocycles. The van der Waals surface area contributed by atoms with Crippen molar-refractivity contribution in [3.8, 4) is 11.5 Å². The smallest absolute Gasteiger partial charge is 0.145 e. The van der Waals surface area contributed by atoms with Gasteiger partial charge in [0.05, 0.1) is 17.9 Å². The Morgan fingerprint density at radius 1 is 0.500 bits per heavy atom. The molecule has 0 heterocycles. The molecule has 4 rings (SSSR count). The Labute approximate surface area is 159 Å². The van der Waals surface area contributed by atoms with Crippen LogP contribution < -0.4 is 0 Å². The first kappa shape index (κ1) is 15.0. The third kappa shape index (κ3) is 1.75. The van der Waals surface area contributed by atoms with E-state index < -0.39 is 0 Å². The number of hydrogen-bond acceptors (Lipinski definition) is 2. The van der Waals surface area contributed by atoms with Crippen LogP contribution in [0.25, 0.3) is 32.3 Å². The zero-order valence-electron chi connectivity index (χ0n) is 10.7. The molecule has 0 spiro atoms. The van der Waals surface area contributed by atoms with Crippen molar-refractivity contribution in [1.29, 1.82) is 0 Å². The summed E-state index contributed by atoms with van der Waals surface area (Å²) in [6.07, 6.45) is 0. The van der Waals surface area contributed by atoms with Crippen LogP contribution in [0.4, 0.5) is 0 Å². The fourth-order valence-corrected chi connectivity index (χ4v) is 5.58. The topological polar surface area (TPSA) is 40.5 Å². The van der Waals surface area contributed by atoms with Crippen molar-refractivity contribution in [2.75, 3.05) is 0 Å². The van der Waals surface area contributed by atoms with E-state index in [2.05, 4.69) is 63.7 Å². The van der Waals surface area contributed by atoms with Crippen molar-refractivity contribution in [1.82, 2.24) is 0 Å². The molecule has 0 atom stereocenters. The van der Waals surface area contributed by atoms with Gasteiger partial charge in [0.1, 0.15) is 11.5 Å². The summed E-state index contributed by atoms with van der Waals surface area (Å²) in [6, 6.07) is 7.77. The molecule has 0 aromatic heterocycles. The van der Waals surface area contributed by atoms with Gasteiger partial charge in [-0.25, -0.2) is 0 Å². The lowest BCUT2D eigenvalue weighted by atomic mass is 9.94. The van der Waals surface area contributed by atoms with Crippen molar-refractivity contribution in [3.63, 3.8) is 0 Å². The van der Waals surface area contributed by atoms with Gasteiger partial charge in [-0.3, -0.25) is 0 Å². The highest BCUT2D eigenvalue weighted by molar-refractivity contribution is 9.11. The minimum atomic E-state index is 0.187. The minimum Gasteiger partial charge on any atom is -0.506 e. The summed E-state index contributed by atoms with van der Waals surface area (Å²) in [4.78, 5) is 0. The molecule has 4 aromatic rings. The van der Waals surface area contributed by atoms with Crippen LogP contribution in [0.1, 0.15) is 0 Å². The predicted molar refractivity (Wildman–Crippen MR) is 104 cm³/mol. The SMILES string of the molecule is Oc1c(Br)c2ccc3c(Br)c(O)c(Br)c4ccc(c1Br)c2c34. The maximum absolute atomic E-state index is 10.3. The molecule has 2 nitrogen and oxygen atoms in total. The molecule has 4 aromatic carbocycles. The van der Waals surface area contributed by atoms with Gasteiger partial charge in [-0.1, -0.05) is 24.3 Å². The van der Waals surface area contributed by atoms with Gasteiger partial charge in [0, 0.05) is 21.5 Å². The fourth-order valence-electron chi connectivity index (χ4n) is 2.93. The first-order valence-corrected chi connectivity index (χ1v) is 9.45. The molecule has 0 aliphatic carbocycles. The Morgan fingerprint density at radius 2 is 0.727 bits per heavy atom. The Hall–Kier alpha value is -0.560. The zero-order valence-corrected chi connectivity index (χ0v) is 17.1. The Bertz CT molecular complexity index is 923. The predicted octanol–water partition coefficient (Wildman–Crippen LogP) is 7.05. The van der Waals surface area contributed by atoms with Crippen LogP contribution in [-0.2, 0) is 0 Å². The van der Waals surface area contributed by atoms with Crippen molar-refractivity contribution in [3.05, 3.63) is 42.2 Å². The third-order valence-corrected chi connectivity index (χ3v) is 7.15. The van der Waals surface area contributed by atoms with Gasteiger partial charge in [0.2, 0.25) is 0 Å². The van der Waals surface area contributed by atoms with E-state index >= 15 is 0 Å². The maximum Gasteiger partial charge on any atom is 0.145 e. The van der Waals surface area contributed by atoms with Gasteiger partial charge < -0.3 is 10.2 Å². The molecule has 0 bridgehead atoms. The average molecular weight is 550 g/mol. The van der Waals surface area contributed by atoms with Crippen LogP contribution in [0.3, 0.4) is 0 Å². The number of phenolic OH excluding ortho intramolecular Hbond substituents is 2. The van der Waals surface area contributed by atoms with E-state index in [1.54, 1.807) is 0 Å². The second-order valence-electron chi connectivity index (χ2n) is 5.02. The third-order valence-electron chi connectivity index (χ3n) is 3.94. The molecular formula is C16H6Br4O2. The number of benzene rings is 4. The summed E-state index contributed by atoms with van der Waals surface area (Å²) >= 11 is 13.9. The molecule has 0 unspecified atom stereocenters. The highest BCUT2D eigenvalue weighted by Crippen LogP contribution is 2.51. The number of phenols is 2. The highest BCUT2D eigenvalue weighted by atomic mass is 79.9. The maximum atomic E-state index is 10.3. The number of hydrogen-bond donors (Lipinski definition) is 2. The van der Waals surface area contributed by atoms with E-state index in [9.17, 15) is 10.2 Å². The quantitative estimate of drug-likeness (QED) is 0.231. The molecule has 110 valence electrons. The van der Waals surface area contributed by atoms with Crippen LogP contribution >= 0.6 is 63.7 Å². The normalized spacial score (nSPS) is 12.0. The molecule has 0 radical (unpaired) electrons. The molecule has 0 saturated carbocycles. The first-order valence-electron chi connectivity index (χ1n) is 6.27. The van der Waals surface area contributed by atoms with Crippen molar-refractivity contribution < 1.29 is 10.2 Å². The van der Waals surface area contributed by atoms with Gasteiger partial charge in [-0.2, -0.15) is 0 Å². The van der Waals surface area contributed by atoms with E-state index in [1.807, 2.05) is 24.3 Å².